The fourth-order valence-corrected chi connectivity index (χ4v) is 4.04. The zero-order valence-corrected chi connectivity index (χ0v) is 14.0. The number of hydrogen-bond acceptors (Lipinski definition) is 7. The van der Waals surface area contributed by atoms with Crippen molar-refractivity contribution >= 4 is 33.4 Å². The van der Waals surface area contributed by atoms with Gasteiger partial charge in [0.15, 0.2) is 0 Å². The average Bonchev–Trinajstić information content (AvgIpc) is 2.58. The smallest absolute Gasteiger partial charge is 0.450 e. The average molecular weight is 366 g/mol. The number of nitro groups is 1. The van der Waals surface area contributed by atoms with Crippen LogP contribution in [0.4, 0.5) is 10.5 Å². The van der Waals surface area contributed by atoms with Crippen molar-refractivity contribution < 1.29 is 19.6 Å². The molecule has 9 heteroatoms. The SMILES string of the molecule is O=C(O)OC[C@@H](Cc1ccc([N+](=O)[O-])cc1)SSc1ccccn1. The minimum absolute atomic E-state index is 0.0209. The lowest BCUT2D eigenvalue weighted by Gasteiger charge is -2.15. The Balaban J connectivity index is 1.99. The molecule has 0 amide bonds. The van der Waals surface area contributed by atoms with Crippen LogP contribution in [-0.4, -0.2) is 33.0 Å². The topological polar surface area (TPSA) is 103 Å². The summed E-state index contributed by atoms with van der Waals surface area (Å²) in [7, 11) is 2.89. The summed E-state index contributed by atoms with van der Waals surface area (Å²) in [5.41, 5.74) is 0.890. The number of ether oxygens (including phenoxy) is 1. The van der Waals surface area contributed by atoms with Gasteiger partial charge in [0, 0.05) is 18.3 Å². The van der Waals surface area contributed by atoms with Crippen LogP contribution >= 0.6 is 21.6 Å². The number of nitro benzene ring substituents is 1. The van der Waals surface area contributed by atoms with Gasteiger partial charge in [-0.1, -0.05) is 29.0 Å². The number of non-ortho nitro benzene ring substituents is 1. The number of hydrogen-bond donors (Lipinski definition) is 1. The zero-order valence-electron chi connectivity index (χ0n) is 12.4. The highest BCUT2D eigenvalue weighted by molar-refractivity contribution is 8.76. The van der Waals surface area contributed by atoms with E-state index in [1.807, 2.05) is 18.2 Å². The minimum atomic E-state index is -1.33. The predicted octanol–water partition coefficient (Wildman–Crippen LogP) is 4.04. The number of nitrogens with zero attached hydrogens (tertiary/aromatic N) is 2. The van der Waals surface area contributed by atoms with Crippen LogP contribution in [0.2, 0.25) is 0 Å². The fraction of sp³-hybridized carbons (Fsp3) is 0.200. The van der Waals surface area contributed by atoms with Crippen molar-refractivity contribution in [3.8, 4) is 0 Å². The van der Waals surface area contributed by atoms with Crippen molar-refractivity contribution in [1.29, 1.82) is 0 Å². The summed E-state index contributed by atoms with van der Waals surface area (Å²) in [6.07, 6.45) is 0.879. The molecule has 0 aliphatic carbocycles. The molecule has 126 valence electrons. The van der Waals surface area contributed by atoms with Gasteiger partial charge < -0.3 is 9.84 Å². The minimum Gasteiger partial charge on any atom is -0.450 e. The first-order valence-electron chi connectivity index (χ1n) is 6.88. The Morgan fingerprint density at radius 2 is 2.04 bits per heavy atom. The monoisotopic (exact) mass is 366 g/mol. The second kappa shape index (κ2) is 9.14. The Labute approximate surface area is 146 Å². The summed E-state index contributed by atoms with van der Waals surface area (Å²) in [4.78, 5) is 25.0. The van der Waals surface area contributed by atoms with Crippen LogP contribution in [0, 0.1) is 10.1 Å². The maximum absolute atomic E-state index is 10.7. The molecule has 1 aromatic carbocycles. The van der Waals surface area contributed by atoms with E-state index in [9.17, 15) is 14.9 Å². The number of carboxylic acid groups (broad SMARTS) is 1. The largest absolute Gasteiger partial charge is 0.505 e. The molecule has 2 rings (SSSR count). The third-order valence-electron chi connectivity index (χ3n) is 2.91. The van der Waals surface area contributed by atoms with Gasteiger partial charge in [0.1, 0.15) is 11.6 Å². The van der Waals surface area contributed by atoms with Crippen molar-refractivity contribution in [3.63, 3.8) is 0 Å². The molecule has 0 saturated heterocycles. The van der Waals surface area contributed by atoms with E-state index in [1.165, 1.54) is 33.7 Å². The van der Waals surface area contributed by atoms with E-state index in [4.69, 9.17) is 5.11 Å². The zero-order chi connectivity index (χ0) is 17.4. The van der Waals surface area contributed by atoms with Gasteiger partial charge >= 0.3 is 6.16 Å². The number of rotatable bonds is 8. The van der Waals surface area contributed by atoms with E-state index in [0.29, 0.717) is 6.42 Å². The molecule has 7 nitrogen and oxygen atoms in total. The summed E-state index contributed by atoms with van der Waals surface area (Å²) in [6, 6.07) is 11.7. The molecule has 0 saturated carbocycles. The number of aromatic nitrogens is 1. The third kappa shape index (κ3) is 6.09. The highest BCUT2D eigenvalue weighted by Gasteiger charge is 2.15. The van der Waals surface area contributed by atoms with Crippen molar-refractivity contribution in [2.24, 2.45) is 0 Å². The van der Waals surface area contributed by atoms with Gasteiger partial charge in [-0.15, -0.1) is 0 Å². The van der Waals surface area contributed by atoms with E-state index < -0.39 is 11.1 Å². The van der Waals surface area contributed by atoms with Crippen molar-refractivity contribution in [2.75, 3.05) is 6.61 Å². The number of pyridine rings is 1. The molecule has 1 N–H and O–H groups in total. The molecule has 1 atom stereocenters. The molecule has 0 spiro atoms. The molecule has 0 radical (unpaired) electrons. The molecular formula is C15H14N2O5S2. The molecule has 0 bridgehead atoms. The maximum atomic E-state index is 10.7. The molecular weight excluding hydrogens is 352 g/mol. The first-order chi connectivity index (χ1) is 11.5. The molecule has 1 heterocycles. The van der Waals surface area contributed by atoms with Gasteiger partial charge in [0.05, 0.1) is 10.2 Å². The van der Waals surface area contributed by atoms with E-state index in [1.54, 1.807) is 18.3 Å². The molecule has 1 aromatic heterocycles. The Hall–Kier alpha value is -2.26. The summed E-state index contributed by atoms with van der Waals surface area (Å²) in [6.45, 7) is 0.0246. The van der Waals surface area contributed by atoms with E-state index in [0.717, 1.165) is 10.6 Å². The summed E-state index contributed by atoms with van der Waals surface area (Å²) >= 11 is 0. The molecule has 24 heavy (non-hydrogen) atoms. The van der Waals surface area contributed by atoms with Crippen molar-refractivity contribution in [3.05, 3.63) is 64.3 Å². The first kappa shape index (κ1) is 18.1. The maximum Gasteiger partial charge on any atom is 0.505 e. The highest BCUT2D eigenvalue weighted by Crippen LogP contribution is 2.34. The van der Waals surface area contributed by atoms with Gasteiger partial charge in [-0.3, -0.25) is 10.1 Å². The molecule has 2 aromatic rings. The van der Waals surface area contributed by atoms with Crippen LogP contribution in [0.3, 0.4) is 0 Å². The van der Waals surface area contributed by atoms with Crippen LogP contribution in [-0.2, 0) is 11.2 Å². The van der Waals surface area contributed by atoms with Gasteiger partial charge in [-0.05, 0) is 34.9 Å². The van der Waals surface area contributed by atoms with E-state index in [2.05, 4.69) is 9.72 Å². The number of benzene rings is 1. The second-order valence-electron chi connectivity index (χ2n) is 4.67. The van der Waals surface area contributed by atoms with Crippen LogP contribution in [0.1, 0.15) is 5.56 Å². The quantitative estimate of drug-likeness (QED) is 0.323. The normalized spacial score (nSPS) is 11.7. The molecule has 0 aliphatic rings. The van der Waals surface area contributed by atoms with E-state index >= 15 is 0 Å². The lowest BCUT2D eigenvalue weighted by atomic mass is 10.1. The number of carbonyl (C=O) groups is 1. The first-order valence-corrected chi connectivity index (χ1v) is 9.09. The second-order valence-corrected chi connectivity index (χ2v) is 7.20. The van der Waals surface area contributed by atoms with Gasteiger partial charge in [-0.25, -0.2) is 9.78 Å². The summed E-state index contributed by atoms with van der Waals surface area (Å²) in [5.74, 6) is 0. The Morgan fingerprint density at radius 3 is 2.62 bits per heavy atom. The van der Waals surface area contributed by atoms with Gasteiger partial charge in [0.2, 0.25) is 0 Å². The molecule has 0 aliphatic heterocycles. The van der Waals surface area contributed by atoms with Crippen LogP contribution in [0.25, 0.3) is 0 Å². The van der Waals surface area contributed by atoms with Crippen molar-refractivity contribution in [1.82, 2.24) is 4.98 Å². The van der Waals surface area contributed by atoms with Crippen LogP contribution in [0.15, 0.2) is 53.7 Å². The van der Waals surface area contributed by atoms with Crippen LogP contribution in [0.5, 0.6) is 0 Å². The van der Waals surface area contributed by atoms with Crippen molar-refractivity contribution in [2.45, 2.75) is 16.7 Å². The Bertz CT molecular complexity index is 682. The molecule has 0 unspecified atom stereocenters. The Kier molecular flexibility index (Phi) is 6.89. The highest BCUT2D eigenvalue weighted by atomic mass is 33.1. The third-order valence-corrected chi connectivity index (χ3v) is 5.61. The Morgan fingerprint density at radius 1 is 1.29 bits per heavy atom. The fourth-order valence-electron chi connectivity index (χ4n) is 1.82. The summed E-state index contributed by atoms with van der Waals surface area (Å²) in [5, 5.41) is 20.0. The van der Waals surface area contributed by atoms with Gasteiger partial charge in [-0.2, -0.15) is 0 Å². The molecule has 0 fully saturated rings. The lowest BCUT2D eigenvalue weighted by Crippen LogP contribution is -2.17. The summed E-state index contributed by atoms with van der Waals surface area (Å²) < 4.78 is 4.68. The van der Waals surface area contributed by atoms with Gasteiger partial charge in [0.25, 0.3) is 5.69 Å². The van der Waals surface area contributed by atoms with Crippen LogP contribution < -0.4 is 0 Å². The lowest BCUT2D eigenvalue weighted by molar-refractivity contribution is -0.384. The predicted molar refractivity (Wildman–Crippen MR) is 92.3 cm³/mol. The standard InChI is InChI=1S/C15H14N2O5S2/c18-15(19)22-10-13(23-24-14-3-1-2-8-16-14)9-11-4-6-12(7-5-11)17(20)21/h1-8,13H,9-10H2,(H,18,19)/t13-/m1/s1. The van der Waals surface area contributed by atoms with E-state index in [-0.39, 0.29) is 17.5 Å².